The summed E-state index contributed by atoms with van der Waals surface area (Å²) in [5, 5.41) is 3.48. The molecule has 0 aliphatic heterocycles. The number of nitrogens with zero attached hydrogens (tertiary/aromatic N) is 3. The number of amides is 1. The molecule has 0 bridgehead atoms. The number of rotatable bonds is 5. The van der Waals surface area contributed by atoms with Gasteiger partial charge in [0, 0.05) is 22.8 Å². The molecule has 0 atom stereocenters. The first kappa shape index (κ1) is 18.2. The second-order valence-corrected chi connectivity index (χ2v) is 7.78. The van der Waals surface area contributed by atoms with E-state index in [1.165, 1.54) is 11.3 Å². The molecule has 0 radical (unpaired) electrons. The number of methoxy groups -OCH3 is 1. The number of aromatic nitrogens is 3. The molecule has 0 aliphatic carbocycles. The van der Waals surface area contributed by atoms with E-state index in [0.717, 1.165) is 38.8 Å². The van der Waals surface area contributed by atoms with Gasteiger partial charge in [0.25, 0.3) is 0 Å². The number of hydrogen-bond acceptors (Lipinski definition) is 5. The Bertz CT molecular complexity index is 1150. The van der Waals surface area contributed by atoms with Gasteiger partial charge in [-0.2, -0.15) is 0 Å². The van der Waals surface area contributed by atoms with Crippen LogP contribution in [0.5, 0.6) is 5.75 Å². The first-order chi connectivity index (χ1) is 13.5. The van der Waals surface area contributed by atoms with Gasteiger partial charge in [-0.25, -0.2) is 9.97 Å². The van der Waals surface area contributed by atoms with E-state index in [2.05, 4.69) is 15.3 Å². The Hall–Kier alpha value is -3.19. The quantitative estimate of drug-likeness (QED) is 0.551. The standard InChI is InChI=1S/C21H20N4O2S/c1-13-8-9-25-12-16(22-18(25)10-13)11-19(26)23-21-24-20(14(2)28-21)15-4-6-17(27-3)7-5-15/h4-10,12H,11H2,1-3H3,(H,23,24,26). The summed E-state index contributed by atoms with van der Waals surface area (Å²) in [6.07, 6.45) is 4.03. The lowest BCUT2D eigenvalue weighted by atomic mass is 10.1. The highest BCUT2D eigenvalue weighted by Crippen LogP contribution is 2.31. The summed E-state index contributed by atoms with van der Waals surface area (Å²) in [6.45, 7) is 4.02. The third-order valence-electron chi connectivity index (χ3n) is 4.41. The highest BCUT2D eigenvalue weighted by molar-refractivity contribution is 7.16. The van der Waals surface area contributed by atoms with Crippen LogP contribution in [0.2, 0.25) is 0 Å². The number of carbonyl (C=O) groups excluding carboxylic acids is 1. The third-order valence-corrected chi connectivity index (χ3v) is 5.30. The number of thiazole rings is 1. The molecule has 0 spiro atoms. The summed E-state index contributed by atoms with van der Waals surface area (Å²) in [4.78, 5) is 22.6. The van der Waals surface area contributed by atoms with Crippen molar-refractivity contribution in [1.29, 1.82) is 0 Å². The molecule has 6 nitrogen and oxygen atoms in total. The Balaban J connectivity index is 1.48. The molecule has 3 aromatic heterocycles. The topological polar surface area (TPSA) is 68.5 Å². The van der Waals surface area contributed by atoms with Crippen LogP contribution in [0.1, 0.15) is 16.1 Å². The van der Waals surface area contributed by atoms with E-state index in [9.17, 15) is 4.79 Å². The minimum absolute atomic E-state index is 0.129. The summed E-state index contributed by atoms with van der Waals surface area (Å²) in [7, 11) is 1.64. The number of anilines is 1. The molecular weight excluding hydrogens is 372 g/mol. The van der Waals surface area contributed by atoms with Crippen molar-refractivity contribution in [1.82, 2.24) is 14.4 Å². The first-order valence-corrected chi connectivity index (χ1v) is 9.69. The minimum atomic E-state index is -0.129. The number of ether oxygens (including phenoxy) is 1. The average Bonchev–Trinajstić information content (AvgIpc) is 3.23. The molecule has 4 aromatic rings. The van der Waals surface area contributed by atoms with E-state index in [1.807, 2.05) is 67.0 Å². The maximum absolute atomic E-state index is 12.5. The van der Waals surface area contributed by atoms with Crippen LogP contribution in [0.25, 0.3) is 16.9 Å². The second-order valence-electron chi connectivity index (χ2n) is 6.58. The normalized spacial score (nSPS) is 11.0. The number of hydrogen-bond donors (Lipinski definition) is 1. The summed E-state index contributed by atoms with van der Waals surface area (Å²) in [6, 6.07) is 11.7. The first-order valence-electron chi connectivity index (χ1n) is 8.88. The highest BCUT2D eigenvalue weighted by Gasteiger charge is 2.14. The maximum atomic E-state index is 12.5. The summed E-state index contributed by atoms with van der Waals surface area (Å²) in [5.74, 6) is 0.669. The van der Waals surface area contributed by atoms with Crippen LogP contribution in [0, 0.1) is 13.8 Å². The fourth-order valence-electron chi connectivity index (χ4n) is 3.02. The average molecular weight is 392 g/mol. The smallest absolute Gasteiger partial charge is 0.232 e. The Morgan fingerprint density at radius 2 is 1.96 bits per heavy atom. The molecule has 3 heterocycles. The van der Waals surface area contributed by atoms with Crippen molar-refractivity contribution in [2.24, 2.45) is 0 Å². The largest absolute Gasteiger partial charge is 0.497 e. The van der Waals surface area contributed by atoms with E-state index in [0.29, 0.717) is 5.13 Å². The lowest BCUT2D eigenvalue weighted by Crippen LogP contribution is -2.14. The Labute approximate surface area is 166 Å². The van der Waals surface area contributed by atoms with Crippen LogP contribution in [0.3, 0.4) is 0 Å². The van der Waals surface area contributed by atoms with Crippen molar-refractivity contribution in [3.8, 4) is 17.0 Å². The third kappa shape index (κ3) is 3.75. The molecule has 1 N–H and O–H groups in total. The van der Waals surface area contributed by atoms with Gasteiger partial charge >= 0.3 is 0 Å². The fraction of sp³-hybridized carbons (Fsp3) is 0.190. The van der Waals surface area contributed by atoms with Crippen molar-refractivity contribution in [3.63, 3.8) is 0 Å². The van der Waals surface area contributed by atoms with Gasteiger partial charge in [0.2, 0.25) is 5.91 Å². The van der Waals surface area contributed by atoms with Crippen LogP contribution in [-0.2, 0) is 11.2 Å². The number of carbonyl (C=O) groups is 1. The molecule has 1 amide bonds. The number of nitrogens with one attached hydrogen (secondary N) is 1. The lowest BCUT2D eigenvalue weighted by Gasteiger charge is -2.02. The lowest BCUT2D eigenvalue weighted by molar-refractivity contribution is -0.115. The Morgan fingerprint density at radius 1 is 1.18 bits per heavy atom. The van der Waals surface area contributed by atoms with Crippen LogP contribution in [0.4, 0.5) is 5.13 Å². The Morgan fingerprint density at radius 3 is 2.71 bits per heavy atom. The number of benzene rings is 1. The van der Waals surface area contributed by atoms with Crippen molar-refractivity contribution >= 4 is 28.0 Å². The van der Waals surface area contributed by atoms with Gasteiger partial charge in [0.1, 0.15) is 11.4 Å². The molecule has 7 heteroatoms. The van der Waals surface area contributed by atoms with Crippen LogP contribution >= 0.6 is 11.3 Å². The molecule has 0 saturated heterocycles. The molecular formula is C21H20N4O2S. The number of fused-ring (bicyclic) bond motifs is 1. The predicted octanol–water partition coefficient (Wildman–Crippen LogP) is 4.26. The molecule has 0 unspecified atom stereocenters. The zero-order chi connectivity index (χ0) is 19.7. The summed E-state index contributed by atoms with van der Waals surface area (Å²) in [5.41, 5.74) is 4.57. The van der Waals surface area contributed by atoms with Gasteiger partial charge in [-0.1, -0.05) is 0 Å². The van der Waals surface area contributed by atoms with Crippen molar-refractivity contribution < 1.29 is 9.53 Å². The molecule has 0 aliphatic rings. The van der Waals surface area contributed by atoms with Crippen LogP contribution in [-0.4, -0.2) is 27.4 Å². The van der Waals surface area contributed by atoms with E-state index in [-0.39, 0.29) is 12.3 Å². The predicted molar refractivity (Wildman–Crippen MR) is 111 cm³/mol. The van der Waals surface area contributed by atoms with E-state index >= 15 is 0 Å². The highest BCUT2D eigenvalue weighted by atomic mass is 32.1. The zero-order valence-corrected chi connectivity index (χ0v) is 16.7. The van der Waals surface area contributed by atoms with Gasteiger partial charge in [-0.15, -0.1) is 11.3 Å². The molecule has 0 fully saturated rings. The minimum Gasteiger partial charge on any atom is -0.497 e. The number of imidazole rings is 1. The SMILES string of the molecule is COc1ccc(-c2nc(NC(=O)Cc3cn4ccc(C)cc4n3)sc2C)cc1. The van der Waals surface area contributed by atoms with Crippen molar-refractivity contribution in [2.75, 3.05) is 12.4 Å². The van der Waals surface area contributed by atoms with E-state index < -0.39 is 0 Å². The van der Waals surface area contributed by atoms with Gasteiger partial charge in [0.05, 0.1) is 24.9 Å². The molecule has 28 heavy (non-hydrogen) atoms. The van der Waals surface area contributed by atoms with Crippen LogP contribution < -0.4 is 10.1 Å². The number of pyridine rings is 1. The number of aryl methyl sites for hydroxylation is 2. The monoisotopic (exact) mass is 392 g/mol. The van der Waals surface area contributed by atoms with E-state index in [4.69, 9.17) is 4.74 Å². The van der Waals surface area contributed by atoms with Gasteiger partial charge in [-0.05, 0) is 55.8 Å². The molecule has 0 saturated carbocycles. The second kappa shape index (κ2) is 7.44. The summed E-state index contributed by atoms with van der Waals surface area (Å²) < 4.78 is 7.12. The van der Waals surface area contributed by atoms with Gasteiger partial charge in [-0.3, -0.25) is 4.79 Å². The zero-order valence-electron chi connectivity index (χ0n) is 15.9. The Kier molecular flexibility index (Phi) is 4.83. The van der Waals surface area contributed by atoms with Gasteiger partial charge < -0.3 is 14.5 Å². The molecule has 142 valence electrons. The summed E-state index contributed by atoms with van der Waals surface area (Å²) >= 11 is 1.47. The maximum Gasteiger partial charge on any atom is 0.232 e. The van der Waals surface area contributed by atoms with Crippen molar-refractivity contribution in [3.05, 3.63) is 64.9 Å². The van der Waals surface area contributed by atoms with Crippen molar-refractivity contribution in [2.45, 2.75) is 20.3 Å². The van der Waals surface area contributed by atoms with E-state index in [1.54, 1.807) is 7.11 Å². The molecule has 4 rings (SSSR count). The molecule has 1 aromatic carbocycles. The fourth-order valence-corrected chi connectivity index (χ4v) is 3.87. The van der Waals surface area contributed by atoms with Crippen LogP contribution in [0.15, 0.2) is 48.8 Å². The van der Waals surface area contributed by atoms with Gasteiger partial charge in [0.15, 0.2) is 5.13 Å².